The standard InChI is InChI=1S/C14H22N2O2/c1-5-18-13(17)14(3,4)9-16-12-7-10(2)6-11(15)8-12/h6-8,16H,5,9,15H2,1-4H3. The van der Waals surface area contributed by atoms with Crippen LogP contribution in [0.15, 0.2) is 18.2 Å². The predicted octanol–water partition coefficient (Wildman–Crippen LogP) is 2.58. The molecule has 0 atom stereocenters. The second-order valence-electron chi connectivity index (χ2n) is 5.09. The fraction of sp³-hybridized carbons (Fsp3) is 0.500. The molecule has 0 aromatic heterocycles. The van der Waals surface area contributed by atoms with Crippen molar-refractivity contribution in [2.24, 2.45) is 5.41 Å². The second kappa shape index (κ2) is 5.76. The molecule has 0 aliphatic carbocycles. The van der Waals surface area contributed by atoms with E-state index in [4.69, 9.17) is 10.5 Å². The Morgan fingerprint density at radius 3 is 2.61 bits per heavy atom. The molecule has 0 bridgehead atoms. The first-order chi connectivity index (χ1) is 8.35. The van der Waals surface area contributed by atoms with Crippen molar-refractivity contribution in [1.29, 1.82) is 0 Å². The molecule has 0 saturated heterocycles. The minimum Gasteiger partial charge on any atom is -0.466 e. The van der Waals surface area contributed by atoms with Gasteiger partial charge in [-0.3, -0.25) is 4.79 Å². The third-order valence-corrected chi connectivity index (χ3v) is 2.66. The largest absolute Gasteiger partial charge is 0.466 e. The van der Waals surface area contributed by atoms with Gasteiger partial charge in [0, 0.05) is 17.9 Å². The number of aryl methyl sites for hydroxylation is 1. The summed E-state index contributed by atoms with van der Waals surface area (Å²) in [4.78, 5) is 11.7. The van der Waals surface area contributed by atoms with Crippen LogP contribution in [0.25, 0.3) is 0 Å². The van der Waals surface area contributed by atoms with Gasteiger partial charge < -0.3 is 15.8 Å². The van der Waals surface area contributed by atoms with Crippen molar-refractivity contribution in [3.05, 3.63) is 23.8 Å². The van der Waals surface area contributed by atoms with Crippen molar-refractivity contribution in [3.63, 3.8) is 0 Å². The summed E-state index contributed by atoms with van der Waals surface area (Å²) >= 11 is 0. The normalized spacial score (nSPS) is 11.1. The average molecular weight is 250 g/mol. The highest BCUT2D eigenvalue weighted by Crippen LogP contribution is 2.21. The van der Waals surface area contributed by atoms with Crippen LogP contribution in [0.4, 0.5) is 11.4 Å². The summed E-state index contributed by atoms with van der Waals surface area (Å²) in [5, 5.41) is 3.23. The fourth-order valence-corrected chi connectivity index (χ4v) is 1.64. The summed E-state index contributed by atoms with van der Waals surface area (Å²) in [7, 11) is 0. The molecule has 0 aliphatic heterocycles. The maximum absolute atomic E-state index is 11.7. The summed E-state index contributed by atoms with van der Waals surface area (Å²) < 4.78 is 5.04. The minimum atomic E-state index is -0.561. The van der Waals surface area contributed by atoms with Crippen LogP contribution in [0.2, 0.25) is 0 Å². The van der Waals surface area contributed by atoms with E-state index in [-0.39, 0.29) is 5.97 Å². The number of nitrogens with one attached hydrogen (secondary N) is 1. The molecule has 18 heavy (non-hydrogen) atoms. The molecular weight excluding hydrogens is 228 g/mol. The first-order valence-corrected chi connectivity index (χ1v) is 6.13. The Bertz CT molecular complexity index is 408. The van der Waals surface area contributed by atoms with E-state index in [1.54, 1.807) is 0 Å². The van der Waals surface area contributed by atoms with Gasteiger partial charge in [-0.05, 0) is 51.5 Å². The number of rotatable bonds is 5. The van der Waals surface area contributed by atoms with Crippen molar-refractivity contribution < 1.29 is 9.53 Å². The van der Waals surface area contributed by atoms with E-state index in [0.29, 0.717) is 18.8 Å². The molecule has 0 spiro atoms. The SMILES string of the molecule is CCOC(=O)C(C)(C)CNc1cc(C)cc(N)c1. The third kappa shape index (κ3) is 3.95. The Balaban J connectivity index is 2.66. The molecule has 1 aromatic rings. The summed E-state index contributed by atoms with van der Waals surface area (Å²) in [6, 6.07) is 5.76. The molecular formula is C14H22N2O2. The molecule has 3 N–H and O–H groups in total. The molecule has 0 radical (unpaired) electrons. The van der Waals surface area contributed by atoms with E-state index < -0.39 is 5.41 Å². The van der Waals surface area contributed by atoms with Gasteiger partial charge >= 0.3 is 5.97 Å². The molecule has 0 amide bonds. The van der Waals surface area contributed by atoms with Gasteiger partial charge in [0.2, 0.25) is 0 Å². The summed E-state index contributed by atoms with van der Waals surface area (Å²) in [5.41, 5.74) is 7.94. The number of ether oxygens (including phenoxy) is 1. The summed E-state index contributed by atoms with van der Waals surface area (Å²) in [5.74, 6) is -0.196. The van der Waals surface area contributed by atoms with Crippen LogP contribution < -0.4 is 11.1 Å². The molecule has 4 nitrogen and oxygen atoms in total. The van der Waals surface area contributed by atoms with Gasteiger partial charge in [0.05, 0.1) is 12.0 Å². The smallest absolute Gasteiger partial charge is 0.313 e. The molecule has 0 fully saturated rings. The van der Waals surface area contributed by atoms with Crippen molar-refractivity contribution in [2.75, 3.05) is 24.2 Å². The molecule has 100 valence electrons. The van der Waals surface area contributed by atoms with E-state index in [9.17, 15) is 4.79 Å². The Kier molecular flexibility index (Phi) is 4.59. The van der Waals surface area contributed by atoms with Gasteiger partial charge in [-0.1, -0.05) is 0 Å². The molecule has 1 aromatic carbocycles. The van der Waals surface area contributed by atoms with E-state index >= 15 is 0 Å². The Hall–Kier alpha value is -1.71. The number of hydrogen-bond donors (Lipinski definition) is 2. The zero-order valence-electron chi connectivity index (χ0n) is 11.5. The van der Waals surface area contributed by atoms with Gasteiger partial charge in [0.1, 0.15) is 0 Å². The van der Waals surface area contributed by atoms with Crippen LogP contribution >= 0.6 is 0 Å². The van der Waals surface area contributed by atoms with Gasteiger partial charge in [-0.15, -0.1) is 0 Å². The lowest BCUT2D eigenvalue weighted by molar-refractivity contribution is -0.152. The highest BCUT2D eigenvalue weighted by atomic mass is 16.5. The predicted molar refractivity (Wildman–Crippen MR) is 74.5 cm³/mol. The van der Waals surface area contributed by atoms with Crippen LogP contribution in [0.1, 0.15) is 26.3 Å². The van der Waals surface area contributed by atoms with Crippen LogP contribution in [0, 0.1) is 12.3 Å². The van der Waals surface area contributed by atoms with Crippen molar-refractivity contribution >= 4 is 17.3 Å². The van der Waals surface area contributed by atoms with Gasteiger partial charge in [-0.25, -0.2) is 0 Å². The number of carbonyl (C=O) groups is 1. The lowest BCUT2D eigenvalue weighted by atomic mass is 9.93. The lowest BCUT2D eigenvalue weighted by Crippen LogP contribution is -2.33. The number of esters is 1. The van der Waals surface area contributed by atoms with Gasteiger partial charge in [0.25, 0.3) is 0 Å². The number of nitrogens with two attached hydrogens (primary N) is 1. The second-order valence-corrected chi connectivity index (χ2v) is 5.09. The Morgan fingerprint density at radius 2 is 2.06 bits per heavy atom. The molecule has 1 rings (SSSR count). The first-order valence-electron chi connectivity index (χ1n) is 6.13. The van der Waals surface area contributed by atoms with Gasteiger partial charge in [-0.2, -0.15) is 0 Å². The van der Waals surface area contributed by atoms with E-state index in [1.165, 1.54) is 0 Å². The van der Waals surface area contributed by atoms with Gasteiger partial charge in [0.15, 0.2) is 0 Å². The molecule has 4 heteroatoms. The van der Waals surface area contributed by atoms with Crippen LogP contribution in [0.3, 0.4) is 0 Å². The maximum atomic E-state index is 11.7. The molecule has 0 heterocycles. The summed E-state index contributed by atoms with van der Waals surface area (Å²) in [6.45, 7) is 8.42. The molecule has 0 saturated carbocycles. The molecule has 0 unspecified atom stereocenters. The lowest BCUT2D eigenvalue weighted by Gasteiger charge is -2.23. The quantitative estimate of drug-likeness (QED) is 0.622. The van der Waals surface area contributed by atoms with E-state index in [2.05, 4.69) is 5.32 Å². The van der Waals surface area contributed by atoms with E-state index in [1.807, 2.05) is 45.9 Å². The number of benzene rings is 1. The highest BCUT2D eigenvalue weighted by molar-refractivity contribution is 5.76. The van der Waals surface area contributed by atoms with Crippen LogP contribution in [-0.2, 0) is 9.53 Å². The minimum absolute atomic E-state index is 0.196. The highest BCUT2D eigenvalue weighted by Gasteiger charge is 2.28. The number of hydrogen-bond acceptors (Lipinski definition) is 4. The molecule has 0 aliphatic rings. The van der Waals surface area contributed by atoms with Crippen LogP contribution in [0.5, 0.6) is 0 Å². The van der Waals surface area contributed by atoms with Crippen molar-refractivity contribution in [3.8, 4) is 0 Å². The average Bonchev–Trinajstić information content (AvgIpc) is 2.25. The topological polar surface area (TPSA) is 64.3 Å². The Morgan fingerprint density at radius 1 is 1.39 bits per heavy atom. The number of carbonyl (C=O) groups excluding carboxylic acids is 1. The number of anilines is 2. The zero-order chi connectivity index (χ0) is 13.8. The maximum Gasteiger partial charge on any atom is 0.313 e. The zero-order valence-corrected chi connectivity index (χ0v) is 11.5. The fourth-order valence-electron chi connectivity index (χ4n) is 1.64. The van der Waals surface area contributed by atoms with Crippen molar-refractivity contribution in [1.82, 2.24) is 0 Å². The summed E-state index contributed by atoms with van der Waals surface area (Å²) in [6.07, 6.45) is 0. The Labute approximate surface area is 109 Å². The third-order valence-electron chi connectivity index (χ3n) is 2.66. The van der Waals surface area contributed by atoms with Crippen LogP contribution in [-0.4, -0.2) is 19.1 Å². The van der Waals surface area contributed by atoms with Crippen molar-refractivity contribution in [2.45, 2.75) is 27.7 Å². The van der Waals surface area contributed by atoms with E-state index in [0.717, 1.165) is 11.3 Å². The monoisotopic (exact) mass is 250 g/mol. The first kappa shape index (κ1) is 14.4. The number of nitrogen functional groups attached to an aromatic ring is 1.